The zero-order chi connectivity index (χ0) is 17.5. The van der Waals surface area contributed by atoms with Gasteiger partial charge in [-0.3, -0.25) is 15.0 Å². The van der Waals surface area contributed by atoms with Gasteiger partial charge in [0.2, 0.25) is 0 Å². The molecule has 3 unspecified atom stereocenters. The third-order valence-electron chi connectivity index (χ3n) is 5.21. The summed E-state index contributed by atoms with van der Waals surface area (Å²) in [6, 6.07) is 3.46. The average Bonchev–Trinajstić information content (AvgIpc) is 2.59. The van der Waals surface area contributed by atoms with E-state index in [2.05, 4.69) is 30.7 Å². The largest absolute Gasteiger partial charge is 0.311 e. The van der Waals surface area contributed by atoms with Gasteiger partial charge in [0.15, 0.2) is 0 Å². The minimum absolute atomic E-state index is 0.349. The van der Waals surface area contributed by atoms with Crippen molar-refractivity contribution in [2.45, 2.75) is 46.1 Å². The first-order valence-electron chi connectivity index (χ1n) is 8.79. The summed E-state index contributed by atoms with van der Waals surface area (Å²) in [7, 11) is 0. The van der Waals surface area contributed by atoms with Gasteiger partial charge in [0.1, 0.15) is 0 Å². The maximum absolute atomic E-state index is 11.2. The van der Waals surface area contributed by atoms with E-state index in [1.165, 1.54) is 31.0 Å². The van der Waals surface area contributed by atoms with Crippen LogP contribution in [0.25, 0.3) is 0 Å². The second-order valence-electron chi connectivity index (χ2n) is 7.03. The van der Waals surface area contributed by atoms with Crippen LogP contribution in [-0.4, -0.2) is 22.6 Å². The molecule has 1 aliphatic carbocycles. The molecular formula is C19H29N3O2. The molecule has 1 saturated carbocycles. The number of aromatic nitrogens is 1. The summed E-state index contributed by atoms with van der Waals surface area (Å²) in [5.41, 5.74) is 4.26. The number of allylic oxidation sites excluding steroid dienone is 1. The van der Waals surface area contributed by atoms with Crippen molar-refractivity contribution in [1.29, 1.82) is 0 Å². The highest BCUT2D eigenvalue weighted by Crippen LogP contribution is 2.38. The van der Waals surface area contributed by atoms with Crippen LogP contribution < -0.4 is 10.8 Å². The van der Waals surface area contributed by atoms with Crippen LogP contribution >= 0.6 is 0 Å². The van der Waals surface area contributed by atoms with E-state index in [1.807, 2.05) is 0 Å². The predicted octanol–water partition coefficient (Wildman–Crippen LogP) is 3.31. The molecule has 1 aromatic heterocycles. The first-order valence-corrected chi connectivity index (χ1v) is 8.79. The summed E-state index contributed by atoms with van der Waals surface area (Å²) in [6.07, 6.45) is 6.37. The van der Waals surface area contributed by atoms with Crippen molar-refractivity contribution in [3.8, 4) is 0 Å². The van der Waals surface area contributed by atoms with Crippen LogP contribution in [0.2, 0.25) is 0 Å². The number of nitrogens with zero attached hydrogens (tertiary/aromatic N) is 1. The lowest BCUT2D eigenvalue weighted by molar-refractivity contribution is 0.0706. The van der Waals surface area contributed by atoms with Crippen LogP contribution in [0, 0.1) is 17.8 Å². The normalized spacial score (nSPS) is 24.0. The molecule has 0 aliphatic heterocycles. The molecule has 132 valence electrons. The van der Waals surface area contributed by atoms with Gasteiger partial charge in [-0.15, -0.1) is 0 Å². The van der Waals surface area contributed by atoms with Gasteiger partial charge in [-0.25, -0.2) is 5.48 Å². The van der Waals surface area contributed by atoms with Crippen molar-refractivity contribution < 1.29 is 10.0 Å². The first-order chi connectivity index (χ1) is 11.5. The molecule has 3 atom stereocenters. The van der Waals surface area contributed by atoms with Crippen molar-refractivity contribution >= 4 is 5.91 Å². The molecule has 2 rings (SSSR count). The minimum Gasteiger partial charge on any atom is -0.311 e. The fourth-order valence-corrected chi connectivity index (χ4v) is 3.45. The molecule has 0 saturated heterocycles. The zero-order valence-electron chi connectivity index (χ0n) is 14.7. The number of amides is 1. The molecule has 1 fully saturated rings. The maximum atomic E-state index is 11.2. The molecule has 1 aliphatic rings. The lowest BCUT2D eigenvalue weighted by Gasteiger charge is -2.34. The molecule has 1 amide bonds. The summed E-state index contributed by atoms with van der Waals surface area (Å²) >= 11 is 0. The van der Waals surface area contributed by atoms with Crippen molar-refractivity contribution in [2.75, 3.05) is 6.54 Å². The van der Waals surface area contributed by atoms with Gasteiger partial charge in [-0.2, -0.15) is 0 Å². The average molecular weight is 331 g/mol. The molecular weight excluding hydrogens is 302 g/mol. The fourth-order valence-electron chi connectivity index (χ4n) is 3.45. The zero-order valence-corrected chi connectivity index (χ0v) is 14.7. The Hall–Kier alpha value is -1.72. The van der Waals surface area contributed by atoms with Crippen LogP contribution in [0.3, 0.4) is 0 Å². The van der Waals surface area contributed by atoms with Crippen LogP contribution in [0.5, 0.6) is 0 Å². The van der Waals surface area contributed by atoms with Crippen molar-refractivity contribution in [3.63, 3.8) is 0 Å². The third-order valence-corrected chi connectivity index (χ3v) is 5.21. The van der Waals surface area contributed by atoms with E-state index in [9.17, 15) is 4.79 Å². The van der Waals surface area contributed by atoms with Crippen molar-refractivity contribution in [1.82, 2.24) is 15.8 Å². The monoisotopic (exact) mass is 331 g/mol. The molecule has 0 radical (unpaired) electrons. The van der Waals surface area contributed by atoms with Crippen LogP contribution in [0.15, 0.2) is 30.5 Å². The van der Waals surface area contributed by atoms with Crippen LogP contribution in [0.4, 0.5) is 0 Å². The molecule has 5 nitrogen and oxygen atoms in total. The highest BCUT2D eigenvalue weighted by atomic mass is 16.5. The summed E-state index contributed by atoms with van der Waals surface area (Å²) in [4.78, 5) is 15.4. The lowest BCUT2D eigenvalue weighted by atomic mass is 9.72. The number of hydrogen-bond donors (Lipinski definition) is 3. The quantitative estimate of drug-likeness (QED) is 0.310. The van der Waals surface area contributed by atoms with Crippen molar-refractivity contribution in [2.24, 2.45) is 17.8 Å². The smallest absolute Gasteiger partial charge is 0.276 e. The van der Waals surface area contributed by atoms with Gasteiger partial charge >= 0.3 is 0 Å². The standard InChI is InChI=1S/C19H29N3O2/c1-13-9-16(10-14(2)15(13)3)5-4-8-20-12-18-7-6-17(11-21-18)19(23)22-24/h6-7,11,14-16,20,24H,1,4-5,8-10,12H2,2-3H3,(H,22,23). The molecule has 5 heteroatoms. The molecule has 1 aromatic rings. The third kappa shape index (κ3) is 5.14. The Labute approximate surface area is 144 Å². The van der Waals surface area contributed by atoms with Gasteiger partial charge < -0.3 is 5.32 Å². The Bertz CT molecular complexity index is 556. The topological polar surface area (TPSA) is 74.2 Å². The van der Waals surface area contributed by atoms with Gasteiger partial charge in [-0.1, -0.05) is 26.0 Å². The summed E-state index contributed by atoms with van der Waals surface area (Å²) in [5, 5.41) is 12.0. The van der Waals surface area contributed by atoms with Gasteiger partial charge in [0, 0.05) is 12.7 Å². The van der Waals surface area contributed by atoms with Crippen LogP contribution in [-0.2, 0) is 6.54 Å². The minimum atomic E-state index is -0.542. The Balaban J connectivity index is 1.65. The Morgan fingerprint density at radius 2 is 2.21 bits per heavy atom. The number of carbonyl (C=O) groups excluding carboxylic acids is 1. The Kier molecular flexibility index (Phi) is 6.94. The van der Waals surface area contributed by atoms with E-state index in [4.69, 9.17) is 5.21 Å². The van der Waals surface area contributed by atoms with E-state index in [-0.39, 0.29) is 0 Å². The molecule has 0 bridgehead atoms. The second-order valence-corrected chi connectivity index (χ2v) is 7.03. The maximum Gasteiger partial charge on any atom is 0.276 e. The van der Waals surface area contributed by atoms with Gasteiger partial charge in [0.05, 0.1) is 11.3 Å². The lowest BCUT2D eigenvalue weighted by Crippen LogP contribution is -2.24. The molecule has 24 heavy (non-hydrogen) atoms. The van der Waals surface area contributed by atoms with Crippen molar-refractivity contribution in [3.05, 3.63) is 41.7 Å². The van der Waals surface area contributed by atoms with Gasteiger partial charge in [-0.05, 0) is 62.1 Å². The van der Waals surface area contributed by atoms with E-state index in [1.54, 1.807) is 17.6 Å². The van der Waals surface area contributed by atoms with E-state index in [0.717, 1.165) is 30.5 Å². The number of hydrogen-bond acceptors (Lipinski definition) is 4. The summed E-state index contributed by atoms with van der Waals surface area (Å²) < 4.78 is 0. The molecule has 1 heterocycles. The Morgan fingerprint density at radius 1 is 1.42 bits per heavy atom. The summed E-state index contributed by atoms with van der Waals surface area (Å²) in [5.74, 6) is 1.66. The fraction of sp³-hybridized carbons (Fsp3) is 0.579. The number of pyridine rings is 1. The number of hydroxylamine groups is 1. The second kappa shape index (κ2) is 8.94. The first kappa shape index (κ1) is 18.6. The molecule has 0 aromatic carbocycles. The number of rotatable bonds is 7. The van der Waals surface area contributed by atoms with E-state index >= 15 is 0 Å². The highest BCUT2D eigenvalue weighted by molar-refractivity contribution is 5.92. The SMILES string of the molecule is C=C1CC(CCCNCc2ccc(C(=O)NO)cn2)CC(C)C1C. The molecule has 0 spiro atoms. The Morgan fingerprint density at radius 3 is 2.83 bits per heavy atom. The number of carbonyl (C=O) groups is 1. The highest BCUT2D eigenvalue weighted by Gasteiger charge is 2.26. The molecule has 3 N–H and O–H groups in total. The summed E-state index contributed by atoms with van der Waals surface area (Å²) in [6.45, 7) is 10.5. The van der Waals surface area contributed by atoms with E-state index < -0.39 is 5.91 Å². The number of nitrogens with one attached hydrogen (secondary N) is 2. The predicted molar refractivity (Wildman–Crippen MR) is 94.6 cm³/mol. The van der Waals surface area contributed by atoms with Gasteiger partial charge in [0.25, 0.3) is 5.91 Å². The van der Waals surface area contributed by atoms with Crippen LogP contribution in [0.1, 0.15) is 55.6 Å². The van der Waals surface area contributed by atoms with E-state index in [0.29, 0.717) is 18.0 Å².